The third-order valence-corrected chi connectivity index (χ3v) is 6.75. The van der Waals surface area contributed by atoms with Gasteiger partial charge in [0.1, 0.15) is 4.21 Å². The van der Waals surface area contributed by atoms with Crippen LogP contribution in [0.5, 0.6) is 0 Å². The summed E-state index contributed by atoms with van der Waals surface area (Å²) in [6, 6.07) is 3.33. The molecule has 102 valence electrons. The van der Waals surface area contributed by atoms with E-state index in [-0.39, 0.29) is 12.5 Å². The molecule has 7 heteroatoms. The first kappa shape index (κ1) is 14.0. The molecule has 0 spiro atoms. The fourth-order valence-corrected chi connectivity index (χ4v) is 4.83. The van der Waals surface area contributed by atoms with Gasteiger partial charge in [-0.1, -0.05) is 6.92 Å². The number of hydrogen-bond donors (Lipinski definition) is 2. The Hall–Kier alpha value is -0.470. The molecule has 3 N–H and O–H groups in total. The largest absolute Gasteiger partial charge is 0.391 e. The first-order valence-electron chi connectivity index (χ1n) is 5.92. The summed E-state index contributed by atoms with van der Waals surface area (Å²) in [5.41, 5.74) is 5.49. The molecule has 1 aromatic heterocycles. The molecule has 2 rings (SSSR count). The minimum absolute atomic E-state index is 0.152. The lowest BCUT2D eigenvalue weighted by Crippen LogP contribution is -2.45. The van der Waals surface area contributed by atoms with Crippen LogP contribution in [0.1, 0.15) is 18.2 Å². The Morgan fingerprint density at radius 1 is 1.56 bits per heavy atom. The van der Waals surface area contributed by atoms with Crippen molar-refractivity contribution < 1.29 is 13.5 Å². The van der Waals surface area contributed by atoms with E-state index in [4.69, 9.17) is 5.73 Å². The molecular formula is C11H18N2O3S2. The molecule has 0 bridgehead atoms. The maximum absolute atomic E-state index is 12.4. The molecule has 1 fully saturated rings. The Morgan fingerprint density at radius 3 is 2.83 bits per heavy atom. The second-order valence-electron chi connectivity index (χ2n) is 4.62. The van der Waals surface area contributed by atoms with E-state index < -0.39 is 16.1 Å². The second-order valence-corrected chi connectivity index (χ2v) is 7.95. The molecule has 0 aromatic carbocycles. The minimum Gasteiger partial charge on any atom is -0.391 e. The van der Waals surface area contributed by atoms with Crippen molar-refractivity contribution >= 4 is 21.4 Å². The maximum Gasteiger partial charge on any atom is 0.252 e. The van der Waals surface area contributed by atoms with E-state index in [2.05, 4.69) is 0 Å². The van der Waals surface area contributed by atoms with Crippen molar-refractivity contribution in [2.45, 2.75) is 30.2 Å². The average Bonchev–Trinajstić information content (AvgIpc) is 2.81. The Labute approximate surface area is 111 Å². The number of hydrogen-bond acceptors (Lipinski definition) is 5. The van der Waals surface area contributed by atoms with Crippen LogP contribution in [0.2, 0.25) is 0 Å². The molecule has 1 saturated heterocycles. The van der Waals surface area contributed by atoms with Crippen LogP contribution in [-0.4, -0.2) is 37.0 Å². The van der Waals surface area contributed by atoms with Gasteiger partial charge in [0, 0.05) is 24.5 Å². The number of β-amino-alcohol motifs (C(OH)–C–C–N with tert-alkyl or cyclic N) is 1. The molecular weight excluding hydrogens is 272 g/mol. The fraction of sp³-hybridized carbons (Fsp3) is 0.636. The van der Waals surface area contributed by atoms with Gasteiger partial charge in [0.15, 0.2) is 0 Å². The maximum atomic E-state index is 12.4. The number of aliphatic hydroxyl groups is 1. The molecule has 0 aliphatic carbocycles. The quantitative estimate of drug-likeness (QED) is 0.854. The third-order valence-electron chi connectivity index (χ3n) is 3.31. The van der Waals surface area contributed by atoms with E-state index >= 15 is 0 Å². The van der Waals surface area contributed by atoms with E-state index in [1.165, 1.54) is 15.6 Å². The van der Waals surface area contributed by atoms with E-state index in [1.54, 1.807) is 12.1 Å². The van der Waals surface area contributed by atoms with Crippen LogP contribution in [0.15, 0.2) is 16.3 Å². The third kappa shape index (κ3) is 2.60. The summed E-state index contributed by atoms with van der Waals surface area (Å²) in [5.74, 6) is 0.152. The first-order chi connectivity index (χ1) is 8.45. The number of sulfonamides is 1. The molecule has 2 unspecified atom stereocenters. The van der Waals surface area contributed by atoms with Crippen molar-refractivity contribution in [3.05, 3.63) is 17.0 Å². The van der Waals surface area contributed by atoms with Gasteiger partial charge in [-0.15, -0.1) is 11.3 Å². The smallest absolute Gasteiger partial charge is 0.252 e. The number of nitrogens with zero attached hydrogens (tertiary/aromatic N) is 1. The topological polar surface area (TPSA) is 83.6 Å². The van der Waals surface area contributed by atoms with Gasteiger partial charge >= 0.3 is 0 Å². The zero-order valence-electron chi connectivity index (χ0n) is 10.2. The normalized spacial score (nSPS) is 26.4. The molecule has 0 amide bonds. The lowest BCUT2D eigenvalue weighted by molar-refractivity contribution is 0.0606. The molecule has 1 aromatic rings. The minimum atomic E-state index is -3.47. The molecule has 2 heterocycles. The van der Waals surface area contributed by atoms with E-state index in [0.717, 1.165) is 4.88 Å². The van der Waals surface area contributed by atoms with Crippen LogP contribution >= 0.6 is 11.3 Å². The Balaban J connectivity index is 2.21. The molecule has 0 saturated carbocycles. The Morgan fingerprint density at radius 2 is 2.28 bits per heavy atom. The second kappa shape index (κ2) is 5.26. The van der Waals surface area contributed by atoms with Crippen LogP contribution < -0.4 is 5.73 Å². The average molecular weight is 290 g/mol. The predicted octanol–water partition coefficient (Wildman–Crippen LogP) is 0.598. The lowest BCUT2D eigenvalue weighted by Gasteiger charge is -2.32. The first-order valence-corrected chi connectivity index (χ1v) is 8.18. The fourth-order valence-electron chi connectivity index (χ4n) is 1.97. The summed E-state index contributed by atoms with van der Waals surface area (Å²) in [7, 11) is -3.47. The SMILES string of the molecule is CC1CCN(S(=O)(=O)c2ccc(CN)s2)CC1O. The molecule has 5 nitrogen and oxygen atoms in total. The number of aliphatic hydroxyl groups excluding tert-OH is 1. The van der Waals surface area contributed by atoms with Crippen LogP contribution in [-0.2, 0) is 16.6 Å². The van der Waals surface area contributed by atoms with Crippen molar-refractivity contribution in [1.29, 1.82) is 0 Å². The van der Waals surface area contributed by atoms with Crippen LogP contribution in [0.4, 0.5) is 0 Å². The Bertz CT molecular complexity index is 512. The summed E-state index contributed by atoms with van der Waals surface area (Å²) < 4.78 is 26.4. The van der Waals surface area contributed by atoms with E-state index in [0.29, 0.717) is 23.7 Å². The number of rotatable bonds is 3. The highest BCUT2D eigenvalue weighted by atomic mass is 32.2. The van der Waals surface area contributed by atoms with Gasteiger partial charge in [-0.2, -0.15) is 4.31 Å². The summed E-state index contributed by atoms with van der Waals surface area (Å²) in [6.45, 7) is 2.93. The highest BCUT2D eigenvalue weighted by Crippen LogP contribution is 2.28. The summed E-state index contributed by atoms with van der Waals surface area (Å²) >= 11 is 1.20. The van der Waals surface area contributed by atoms with Gasteiger partial charge in [-0.25, -0.2) is 8.42 Å². The summed E-state index contributed by atoms with van der Waals surface area (Å²) in [6.07, 6.45) is 0.109. The van der Waals surface area contributed by atoms with Crippen molar-refractivity contribution in [1.82, 2.24) is 4.31 Å². The van der Waals surface area contributed by atoms with Gasteiger partial charge in [-0.05, 0) is 24.5 Å². The monoisotopic (exact) mass is 290 g/mol. The van der Waals surface area contributed by atoms with Crippen LogP contribution in [0.25, 0.3) is 0 Å². The summed E-state index contributed by atoms with van der Waals surface area (Å²) in [5, 5.41) is 9.79. The lowest BCUT2D eigenvalue weighted by atomic mass is 9.98. The number of piperidine rings is 1. The molecule has 2 atom stereocenters. The Kier molecular flexibility index (Phi) is 4.08. The highest BCUT2D eigenvalue weighted by Gasteiger charge is 2.33. The van der Waals surface area contributed by atoms with Crippen LogP contribution in [0, 0.1) is 5.92 Å². The molecule has 1 aliphatic rings. The zero-order valence-corrected chi connectivity index (χ0v) is 11.9. The molecule has 18 heavy (non-hydrogen) atoms. The number of thiophene rings is 1. The van der Waals surface area contributed by atoms with Gasteiger partial charge in [0.05, 0.1) is 6.10 Å². The van der Waals surface area contributed by atoms with Crippen molar-refractivity contribution in [3.63, 3.8) is 0 Å². The van der Waals surface area contributed by atoms with Gasteiger partial charge in [0.25, 0.3) is 10.0 Å². The van der Waals surface area contributed by atoms with Gasteiger partial charge in [0.2, 0.25) is 0 Å². The number of nitrogens with two attached hydrogens (primary N) is 1. The standard InChI is InChI=1S/C11H18N2O3S2/c1-8-4-5-13(7-10(8)14)18(15,16)11-3-2-9(6-12)17-11/h2-3,8,10,14H,4-7,12H2,1H3. The van der Waals surface area contributed by atoms with Crippen molar-refractivity contribution in [3.8, 4) is 0 Å². The molecule has 1 aliphatic heterocycles. The van der Waals surface area contributed by atoms with Crippen molar-refractivity contribution in [2.24, 2.45) is 11.7 Å². The summed E-state index contributed by atoms with van der Waals surface area (Å²) in [4.78, 5) is 0.847. The highest BCUT2D eigenvalue weighted by molar-refractivity contribution is 7.91. The van der Waals surface area contributed by atoms with Gasteiger partial charge < -0.3 is 10.8 Å². The van der Waals surface area contributed by atoms with Crippen molar-refractivity contribution in [2.75, 3.05) is 13.1 Å². The van der Waals surface area contributed by atoms with Crippen LogP contribution in [0.3, 0.4) is 0 Å². The van der Waals surface area contributed by atoms with E-state index in [1.807, 2.05) is 6.92 Å². The predicted molar refractivity (Wildman–Crippen MR) is 70.8 cm³/mol. The molecule has 0 radical (unpaired) electrons. The van der Waals surface area contributed by atoms with Gasteiger partial charge in [-0.3, -0.25) is 0 Å². The van der Waals surface area contributed by atoms with E-state index in [9.17, 15) is 13.5 Å². The zero-order chi connectivity index (χ0) is 13.3.